The van der Waals surface area contributed by atoms with Gasteiger partial charge in [0.2, 0.25) is 0 Å². The van der Waals surface area contributed by atoms with Gasteiger partial charge in [0.15, 0.2) is 5.69 Å². The van der Waals surface area contributed by atoms with Crippen molar-refractivity contribution in [3.05, 3.63) is 34.9 Å². The van der Waals surface area contributed by atoms with Gasteiger partial charge < -0.3 is 5.32 Å². The van der Waals surface area contributed by atoms with Crippen molar-refractivity contribution in [3.63, 3.8) is 0 Å². The fourth-order valence-electron chi connectivity index (χ4n) is 1.49. The Hall–Kier alpha value is -1.57. The van der Waals surface area contributed by atoms with Gasteiger partial charge in [-0.15, -0.1) is 0 Å². The Balaban J connectivity index is 2.71. The summed E-state index contributed by atoms with van der Waals surface area (Å²) in [6.07, 6.45) is 1.76. The lowest BCUT2D eigenvalue weighted by atomic mass is 10.3. The molecule has 0 aliphatic rings. The van der Waals surface area contributed by atoms with Gasteiger partial charge in [-0.2, -0.15) is 5.26 Å². The average molecular weight is 221 g/mol. The molecule has 0 fully saturated rings. The maximum atomic E-state index is 8.91. The molecule has 2 heterocycles. The van der Waals surface area contributed by atoms with Gasteiger partial charge in [-0.05, 0) is 19.2 Å². The molecule has 0 amide bonds. The fourth-order valence-corrected chi connectivity index (χ4v) is 1.65. The van der Waals surface area contributed by atoms with Crippen LogP contribution in [-0.4, -0.2) is 16.4 Å². The van der Waals surface area contributed by atoms with Crippen molar-refractivity contribution in [3.8, 4) is 6.07 Å². The molecule has 2 rings (SSSR count). The quantitative estimate of drug-likeness (QED) is 0.836. The molecule has 0 bridgehead atoms. The van der Waals surface area contributed by atoms with Crippen LogP contribution in [0.2, 0.25) is 5.02 Å². The summed E-state index contributed by atoms with van der Waals surface area (Å²) in [5.74, 6) is 0.784. The van der Waals surface area contributed by atoms with Gasteiger partial charge in [0.25, 0.3) is 0 Å². The number of imidazole rings is 1. The zero-order valence-corrected chi connectivity index (χ0v) is 8.91. The lowest BCUT2D eigenvalue weighted by Gasteiger charge is -1.99. The van der Waals surface area contributed by atoms with Crippen molar-refractivity contribution in [2.24, 2.45) is 0 Å². The third-order valence-electron chi connectivity index (χ3n) is 2.11. The number of hydrogen-bond donors (Lipinski definition) is 1. The number of fused-ring (bicyclic) bond motifs is 1. The van der Waals surface area contributed by atoms with E-state index in [1.54, 1.807) is 18.3 Å². The number of hydrogen-bond acceptors (Lipinski definition) is 3. The van der Waals surface area contributed by atoms with Crippen LogP contribution in [0.25, 0.3) is 5.52 Å². The van der Waals surface area contributed by atoms with E-state index in [9.17, 15) is 0 Å². The molecule has 0 unspecified atom stereocenters. The first-order chi connectivity index (χ1) is 7.26. The predicted octanol–water partition coefficient (Wildman–Crippen LogP) is 1.58. The van der Waals surface area contributed by atoms with Gasteiger partial charge in [-0.3, -0.25) is 4.40 Å². The molecule has 76 valence electrons. The SMILES string of the molecule is CNCc1nc(C#N)c2ccc(Cl)cn12. The molecule has 2 aromatic heterocycles. The second-order valence-corrected chi connectivity index (χ2v) is 3.56. The summed E-state index contributed by atoms with van der Waals surface area (Å²) in [6.45, 7) is 0.600. The van der Waals surface area contributed by atoms with Crippen LogP contribution in [-0.2, 0) is 6.54 Å². The predicted molar refractivity (Wildman–Crippen MR) is 57.7 cm³/mol. The summed E-state index contributed by atoms with van der Waals surface area (Å²) >= 11 is 5.89. The summed E-state index contributed by atoms with van der Waals surface area (Å²) in [6, 6.07) is 5.62. The lowest BCUT2D eigenvalue weighted by molar-refractivity contribution is 0.755. The van der Waals surface area contributed by atoms with Crippen molar-refractivity contribution in [1.29, 1.82) is 5.26 Å². The zero-order chi connectivity index (χ0) is 10.8. The number of aromatic nitrogens is 2. The lowest BCUT2D eigenvalue weighted by Crippen LogP contribution is -2.08. The Morgan fingerprint density at radius 3 is 3.07 bits per heavy atom. The maximum Gasteiger partial charge on any atom is 0.166 e. The minimum atomic E-state index is 0.428. The topological polar surface area (TPSA) is 53.1 Å². The van der Waals surface area contributed by atoms with E-state index < -0.39 is 0 Å². The van der Waals surface area contributed by atoms with Crippen molar-refractivity contribution >= 4 is 17.1 Å². The number of pyridine rings is 1. The van der Waals surface area contributed by atoms with Gasteiger partial charge in [-0.25, -0.2) is 4.98 Å². The maximum absolute atomic E-state index is 8.91. The second-order valence-electron chi connectivity index (χ2n) is 3.12. The monoisotopic (exact) mass is 220 g/mol. The number of nitrogens with zero attached hydrogens (tertiary/aromatic N) is 3. The zero-order valence-electron chi connectivity index (χ0n) is 8.16. The van der Waals surface area contributed by atoms with E-state index in [1.807, 2.05) is 11.4 Å². The van der Waals surface area contributed by atoms with Crippen LogP contribution in [0.5, 0.6) is 0 Å². The number of nitriles is 1. The normalized spacial score (nSPS) is 10.5. The first kappa shape index (κ1) is 9.97. The van der Waals surface area contributed by atoms with Crippen LogP contribution in [0.4, 0.5) is 0 Å². The van der Waals surface area contributed by atoms with Crippen molar-refractivity contribution in [2.75, 3.05) is 7.05 Å². The Labute approximate surface area is 92.1 Å². The van der Waals surface area contributed by atoms with Crippen molar-refractivity contribution < 1.29 is 0 Å². The highest BCUT2D eigenvalue weighted by atomic mass is 35.5. The Morgan fingerprint density at radius 1 is 1.60 bits per heavy atom. The minimum absolute atomic E-state index is 0.428. The smallest absolute Gasteiger partial charge is 0.166 e. The number of rotatable bonds is 2. The third kappa shape index (κ3) is 1.67. The van der Waals surface area contributed by atoms with Crippen LogP contribution < -0.4 is 5.32 Å². The first-order valence-corrected chi connectivity index (χ1v) is 4.85. The summed E-state index contributed by atoms with van der Waals surface area (Å²) < 4.78 is 1.83. The van der Waals surface area contributed by atoms with E-state index in [0.29, 0.717) is 17.3 Å². The van der Waals surface area contributed by atoms with Crippen molar-refractivity contribution in [1.82, 2.24) is 14.7 Å². The molecule has 0 aliphatic heterocycles. The van der Waals surface area contributed by atoms with E-state index in [2.05, 4.69) is 16.4 Å². The molecule has 0 radical (unpaired) electrons. The van der Waals surface area contributed by atoms with E-state index >= 15 is 0 Å². The number of halogens is 1. The summed E-state index contributed by atoms with van der Waals surface area (Å²) in [4.78, 5) is 4.22. The number of nitrogens with one attached hydrogen (secondary N) is 1. The molecular formula is C10H9ClN4. The molecule has 0 saturated heterocycles. The molecule has 2 aromatic rings. The van der Waals surface area contributed by atoms with Gasteiger partial charge in [-0.1, -0.05) is 11.6 Å². The summed E-state index contributed by atoms with van der Waals surface area (Å²) in [5, 5.41) is 12.5. The Kier molecular flexibility index (Phi) is 2.58. The first-order valence-electron chi connectivity index (χ1n) is 4.47. The van der Waals surface area contributed by atoms with Crippen LogP contribution >= 0.6 is 11.6 Å². The highest BCUT2D eigenvalue weighted by Crippen LogP contribution is 2.16. The second kappa shape index (κ2) is 3.89. The third-order valence-corrected chi connectivity index (χ3v) is 2.34. The van der Waals surface area contributed by atoms with Crippen LogP contribution in [0.1, 0.15) is 11.5 Å². The van der Waals surface area contributed by atoms with Gasteiger partial charge >= 0.3 is 0 Å². The highest BCUT2D eigenvalue weighted by molar-refractivity contribution is 6.30. The molecule has 0 aromatic carbocycles. The standard InChI is InChI=1S/C10H9ClN4/c1-13-5-10-14-8(4-12)9-3-2-7(11)6-15(9)10/h2-3,6,13H,5H2,1H3. The van der Waals surface area contributed by atoms with Gasteiger partial charge in [0, 0.05) is 6.20 Å². The minimum Gasteiger partial charge on any atom is -0.313 e. The molecular weight excluding hydrogens is 212 g/mol. The summed E-state index contributed by atoms with van der Waals surface area (Å²) in [7, 11) is 1.83. The molecule has 4 nitrogen and oxygen atoms in total. The van der Waals surface area contributed by atoms with Crippen LogP contribution in [0.3, 0.4) is 0 Å². The van der Waals surface area contributed by atoms with E-state index in [4.69, 9.17) is 16.9 Å². The van der Waals surface area contributed by atoms with E-state index in [-0.39, 0.29) is 0 Å². The molecule has 0 spiro atoms. The van der Waals surface area contributed by atoms with Crippen LogP contribution in [0.15, 0.2) is 18.3 Å². The molecule has 15 heavy (non-hydrogen) atoms. The molecule has 1 N–H and O–H groups in total. The molecule has 5 heteroatoms. The van der Waals surface area contributed by atoms with E-state index in [0.717, 1.165) is 11.3 Å². The molecule has 0 saturated carbocycles. The Bertz CT molecular complexity index is 538. The highest BCUT2D eigenvalue weighted by Gasteiger charge is 2.09. The van der Waals surface area contributed by atoms with Crippen LogP contribution in [0, 0.1) is 11.3 Å². The van der Waals surface area contributed by atoms with Crippen molar-refractivity contribution in [2.45, 2.75) is 6.54 Å². The summed E-state index contributed by atoms with van der Waals surface area (Å²) in [5.41, 5.74) is 1.21. The fraction of sp³-hybridized carbons (Fsp3) is 0.200. The average Bonchev–Trinajstić information content (AvgIpc) is 2.57. The largest absolute Gasteiger partial charge is 0.313 e. The van der Waals surface area contributed by atoms with Gasteiger partial charge in [0.05, 0.1) is 17.1 Å². The molecule has 0 aliphatic carbocycles. The van der Waals surface area contributed by atoms with E-state index in [1.165, 1.54) is 0 Å². The Morgan fingerprint density at radius 2 is 2.40 bits per heavy atom. The molecule has 0 atom stereocenters. The van der Waals surface area contributed by atoms with Gasteiger partial charge in [0.1, 0.15) is 11.9 Å².